The number of hydrogen-bond acceptors (Lipinski definition) is 0. The molecule has 0 unspecified atom stereocenters. The van der Waals surface area contributed by atoms with Crippen LogP contribution in [0.1, 0.15) is 0 Å². The Labute approximate surface area is 196 Å². The first-order chi connectivity index (χ1) is 15.2. The van der Waals surface area contributed by atoms with Gasteiger partial charge in [0.1, 0.15) is 0 Å². The van der Waals surface area contributed by atoms with Gasteiger partial charge in [-0.2, -0.15) is 0 Å². The van der Waals surface area contributed by atoms with E-state index in [9.17, 15) is 0 Å². The molecule has 0 saturated heterocycles. The molecule has 1 aliphatic rings. The third kappa shape index (κ3) is 2.36. The first kappa shape index (κ1) is 17.8. The fourth-order valence-corrected chi connectivity index (χ4v) is 5.94. The predicted octanol–water partition coefficient (Wildman–Crippen LogP) is 9.11. The number of hydrogen-bond donors (Lipinski definition) is 0. The van der Waals surface area contributed by atoms with E-state index in [1.807, 2.05) is 0 Å². The molecular formula is C28H15Br2N. The van der Waals surface area contributed by atoms with E-state index in [2.05, 4.69) is 127 Å². The number of halogens is 2. The van der Waals surface area contributed by atoms with Crippen LogP contribution in [0.25, 0.3) is 60.5 Å². The van der Waals surface area contributed by atoms with Crippen LogP contribution in [-0.4, -0.2) is 4.57 Å². The highest BCUT2D eigenvalue weighted by atomic mass is 79.9. The molecule has 0 atom stereocenters. The van der Waals surface area contributed by atoms with Gasteiger partial charge in [0.2, 0.25) is 0 Å². The molecule has 1 heterocycles. The monoisotopic (exact) mass is 523 g/mol. The molecule has 0 radical (unpaired) electrons. The lowest BCUT2D eigenvalue weighted by molar-refractivity contribution is 1.20. The maximum atomic E-state index is 3.66. The summed E-state index contributed by atoms with van der Waals surface area (Å²) >= 11 is 7.33. The highest BCUT2D eigenvalue weighted by Crippen LogP contribution is 2.49. The summed E-state index contributed by atoms with van der Waals surface area (Å²) in [6, 6.07) is 33.1. The smallest absolute Gasteiger partial charge is 0.0542 e. The second-order valence-corrected chi connectivity index (χ2v) is 9.90. The van der Waals surface area contributed by atoms with Crippen molar-refractivity contribution in [1.29, 1.82) is 0 Å². The number of rotatable bonds is 1. The fraction of sp³-hybridized carbons (Fsp3) is 0. The molecule has 3 heteroatoms. The van der Waals surface area contributed by atoms with Gasteiger partial charge in [-0.15, -0.1) is 0 Å². The van der Waals surface area contributed by atoms with Crippen molar-refractivity contribution in [2.75, 3.05) is 0 Å². The molecule has 7 rings (SSSR count). The minimum atomic E-state index is 1.09. The maximum Gasteiger partial charge on any atom is 0.0542 e. The third-order valence-corrected chi connectivity index (χ3v) is 7.44. The number of nitrogens with zero attached hydrogens (tertiary/aromatic N) is 1. The lowest BCUT2D eigenvalue weighted by Crippen LogP contribution is -1.95. The fourth-order valence-electron chi connectivity index (χ4n) is 5.22. The summed E-state index contributed by atoms with van der Waals surface area (Å²) in [5.74, 6) is 0. The molecule has 0 spiro atoms. The third-order valence-electron chi connectivity index (χ3n) is 6.46. The molecule has 6 aromatic rings. The lowest BCUT2D eigenvalue weighted by Gasteiger charge is -2.13. The van der Waals surface area contributed by atoms with Crippen molar-refractivity contribution in [2.24, 2.45) is 0 Å². The van der Waals surface area contributed by atoms with Crippen molar-refractivity contribution in [2.45, 2.75) is 0 Å². The molecule has 0 N–H and O–H groups in total. The van der Waals surface area contributed by atoms with Crippen LogP contribution in [0.15, 0.2) is 99.9 Å². The molecule has 5 aromatic carbocycles. The van der Waals surface area contributed by atoms with Crippen molar-refractivity contribution in [3.63, 3.8) is 0 Å². The Morgan fingerprint density at radius 3 is 1.71 bits per heavy atom. The lowest BCUT2D eigenvalue weighted by atomic mass is 10.0. The van der Waals surface area contributed by atoms with Gasteiger partial charge in [-0.3, -0.25) is 0 Å². The van der Waals surface area contributed by atoms with Crippen LogP contribution in [-0.2, 0) is 0 Å². The Morgan fingerprint density at radius 2 is 1.06 bits per heavy atom. The average Bonchev–Trinajstić information content (AvgIpc) is 3.28. The maximum absolute atomic E-state index is 3.66. The summed E-state index contributed by atoms with van der Waals surface area (Å²) in [6.07, 6.45) is 0. The zero-order valence-corrected chi connectivity index (χ0v) is 19.5. The second kappa shape index (κ2) is 6.32. The first-order valence-corrected chi connectivity index (χ1v) is 11.8. The summed E-state index contributed by atoms with van der Waals surface area (Å²) in [6.45, 7) is 0. The molecule has 0 bridgehead atoms. The van der Waals surface area contributed by atoms with Gasteiger partial charge in [0.05, 0.1) is 16.7 Å². The van der Waals surface area contributed by atoms with Crippen LogP contribution in [0.5, 0.6) is 0 Å². The van der Waals surface area contributed by atoms with Crippen LogP contribution < -0.4 is 0 Å². The SMILES string of the molecule is Brc1ccc2c(c1)c1cc(Br)ccc1n2-c1ccc2c3c(cccc13)-c1ccccc1-2. The molecule has 0 aliphatic heterocycles. The summed E-state index contributed by atoms with van der Waals surface area (Å²) in [5, 5.41) is 5.13. The molecule has 0 fully saturated rings. The Bertz CT molecular complexity index is 1620. The molecular weight excluding hydrogens is 510 g/mol. The topological polar surface area (TPSA) is 4.93 Å². The van der Waals surface area contributed by atoms with Crippen LogP contribution >= 0.6 is 31.9 Å². The van der Waals surface area contributed by atoms with E-state index in [1.165, 1.54) is 60.5 Å². The normalized spacial score (nSPS) is 12.2. The largest absolute Gasteiger partial charge is 0.309 e. The van der Waals surface area contributed by atoms with E-state index >= 15 is 0 Å². The second-order valence-electron chi connectivity index (χ2n) is 8.06. The van der Waals surface area contributed by atoms with Crippen molar-refractivity contribution < 1.29 is 0 Å². The highest BCUT2D eigenvalue weighted by Gasteiger charge is 2.23. The quantitative estimate of drug-likeness (QED) is 0.202. The first-order valence-electron chi connectivity index (χ1n) is 10.3. The molecule has 1 aliphatic carbocycles. The summed E-state index contributed by atoms with van der Waals surface area (Å²) in [7, 11) is 0. The Hall–Kier alpha value is -2.88. The molecule has 1 aromatic heterocycles. The van der Waals surface area contributed by atoms with Gasteiger partial charge in [-0.1, -0.05) is 80.4 Å². The molecule has 0 saturated carbocycles. The predicted molar refractivity (Wildman–Crippen MR) is 138 cm³/mol. The van der Waals surface area contributed by atoms with Gasteiger partial charge in [0, 0.05) is 25.1 Å². The summed E-state index contributed by atoms with van der Waals surface area (Å²) in [4.78, 5) is 0. The van der Waals surface area contributed by atoms with Crippen LogP contribution in [0, 0.1) is 0 Å². The minimum Gasteiger partial charge on any atom is -0.309 e. The van der Waals surface area contributed by atoms with E-state index in [4.69, 9.17) is 0 Å². The standard InChI is InChI=1S/C28H15Br2N/c29-16-8-11-26-23(14-16)24-15-17(30)9-12-27(24)31(26)25-13-10-21-19-5-2-1-4-18(19)20-6-3-7-22(25)28(20)21/h1-15H. The number of benzene rings is 5. The van der Waals surface area contributed by atoms with Gasteiger partial charge < -0.3 is 4.57 Å². The Kier molecular flexibility index (Phi) is 3.62. The van der Waals surface area contributed by atoms with Gasteiger partial charge in [0.15, 0.2) is 0 Å². The van der Waals surface area contributed by atoms with Gasteiger partial charge >= 0.3 is 0 Å². The zero-order chi connectivity index (χ0) is 20.7. The summed E-state index contributed by atoms with van der Waals surface area (Å²) < 4.78 is 4.60. The number of aromatic nitrogens is 1. The molecule has 1 nitrogen and oxygen atoms in total. The van der Waals surface area contributed by atoms with Crippen LogP contribution in [0.3, 0.4) is 0 Å². The minimum absolute atomic E-state index is 1.09. The van der Waals surface area contributed by atoms with Crippen molar-refractivity contribution >= 4 is 64.4 Å². The van der Waals surface area contributed by atoms with Crippen molar-refractivity contribution in [1.82, 2.24) is 4.57 Å². The van der Waals surface area contributed by atoms with Gasteiger partial charge in [-0.25, -0.2) is 0 Å². The van der Waals surface area contributed by atoms with Crippen molar-refractivity contribution in [3.05, 3.63) is 99.9 Å². The van der Waals surface area contributed by atoms with E-state index in [0.717, 1.165) is 8.95 Å². The van der Waals surface area contributed by atoms with Crippen LogP contribution in [0.4, 0.5) is 0 Å². The van der Waals surface area contributed by atoms with E-state index in [0.29, 0.717) is 0 Å². The zero-order valence-electron chi connectivity index (χ0n) is 16.4. The number of fused-ring (bicyclic) bond motifs is 6. The molecule has 0 amide bonds. The average molecular weight is 525 g/mol. The van der Waals surface area contributed by atoms with Crippen molar-refractivity contribution in [3.8, 4) is 27.9 Å². The summed E-state index contributed by atoms with van der Waals surface area (Å²) in [5.41, 5.74) is 8.97. The van der Waals surface area contributed by atoms with E-state index in [1.54, 1.807) is 0 Å². The van der Waals surface area contributed by atoms with Gasteiger partial charge in [0.25, 0.3) is 0 Å². The van der Waals surface area contributed by atoms with E-state index < -0.39 is 0 Å². The highest BCUT2D eigenvalue weighted by molar-refractivity contribution is 9.10. The van der Waals surface area contributed by atoms with E-state index in [-0.39, 0.29) is 0 Å². The van der Waals surface area contributed by atoms with Crippen LogP contribution in [0.2, 0.25) is 0 Å². The van der Waals surface area contributed by atoms with Gasteiger partial charge in [-0.05, 0) is 70.1 Å². The Balaban J connectivity index is 1.65. The Morgan fingerprint density at radius 1 is 0.484 bits per heavy atom. The molecule has 146 valence electrons. The molecule has 31 heavy (non-hydrogen) atoms.